The highest BCUT2D eigenvalue weighted by molar-refractivity contribution is 6.46. The van der Waals surface area contributed by atoms with Gasteiger partial charge in [0.25, 0.3) is 11.8 Å². The summed E-state index contributed by atoms with van der Waals surface area (Å²) in [5.74, 6) is -2.82. The number of hydrogen-bond donors (Lipinski definition) is 1. The highest BCUT2D eigenvalue weighted by Crippen LogP contribution is 2.36. The van der Waals surface area contributed by atoms with Gasteiger partial charge in [-0.15, -0.1) is 0 Å². The molecule has 0 saturated carbocycles. The molecule has 0 radical (unpaired) electrons. The van der Waals surface area contributed by atoms with Gasteiger partial charge in [0.1, 0.15) is 11.4 Å². The first-order chi connectivity index (χ1) is 16.2. The van der Waals surface area contributed by atoms with E-state index in [1.54, 1.807) is 30.3 Å². The van der Waals surface area contributed by atoms with Gasteiger partial charge >= 0.3 is 0 Å². The fourth-order valence-electron chi connectivity index (χ4n) is 3.88. The second-order valence-electron chi connectivity index (χ2n) is 8.43. The summed E-state index contributed by atoms with van der Waals surface area (Å²) in [6, 6.07) is 15.5. The number of carbonyl (C=O) groups excluding carboxylic acids is 2. The van der Waals surface area contributed by atoms with Crippen molar-refractivity contribution in [2.45, 2.75) is 33.8 Å². The molecule has 1 aliphatic heterocycles. The maximum absolute atomic E-state index is 13.9. The van der Waals surface area contributed by atoms with Gasteiger partial charge < -0.3 is 10.1 Å². The van der Waals surface area contributed by atoms with Crippen LogP contribution in [-0.2, 0) is 9.59 Å². The van der Waals surface area contributed by atoms with E-state index in [-0.39, 0.29) is 23.1 Å². The first-order valence-corrected chi connectivity index (χ1v) is 10.8. The average Bonchev–Trinajstić information content (AvgIpc) is 3.01. The summed E-state index contributed by atoms with van der Waals surface area (Å²) < 4.78 is 33.1. The zero-order chi connectivity index (χ0) is 24.6. The molecule has 0 bridgehead atoms. The molecular formula is C27H24F2N2O3. The largest absolute Gasteiger partial charge is 0.491 e. The molecule has 7 heteroatoms. The van der Waals surface area contributed by atoms with Crippen LogP contribution in [0.15, 0.2) is 66.4 Å². The Kier molecular flexibility index (Phi) is 6.20. The lowest BCUT2D eigenvalue weighted by Crippen LogP contribution is -2.32. The van der Waals surface area contributed by atoms with Crippen LogP contribution in [0.5, 0.6) is 5.75 Å². The molecule has 0 aliphatic carbocycles. The van der Waals surface area contributed by atoms with Crippen molar-refractivity contribution in [2.24, 2.45) is 0 Å². The first-order valence-electron chi connectivity index (χ1n) is 10.8. The number of hydrogen-bond acceptors (Lipinski definition) is 4. The van der Waals surface area contributed by atoms with E-state index in [0.29, 0.717) is 17.0 Å². The zero-order valence-electron chi connectivity index (χ0n) is 19.3. The molecule has 3 aromatic carbocycles. The molecule has 0 saturated heterocycles. The predicted molar refractivity (Wildman–Crippen MR) is 128 cm³/mol. The van der Waals surface area contributed by atoms with Crippen molar-refractivity contribution in [1.82, 2.24) is 0 Å². The van der Waals surface area contributed by atoms with Gasteiger partial charge in [-0.25, -0.2) is 13.7 Å². The minimum Gasteiger partial charge on any atom is -0.491 e. The maximum atomic E-state index is 13.9. The predicted octanol–water partition coefficient (Wildman–Crippen LogP) is 5.77. The molecule has 1 N–H and O–H groups in total. The van der Waals surface area contributed by atoms with Crippen molar-refractivity contribution in [3.63, 3.8) is 0 Å². The summed E-state index contributed by atoms with van der Waals surface area (Å²) in [5.41, 5.74) is 3.13. The first kappa shape index (κ1) is 23.2. The lowest BCUT2D eigenvalue weighted by Gasteiger charge is -2.16. The van der Waals surface area contributed by atoms with E-state index in [9.17, 15) is 18.4 Å². The highest BCUT2D eigenvalue weighted by atomic mass is 19.2. The number of rotatable bonds is 6. The fourth-order valence-corrected chi connectivity index (χ4v) is 3.88. The van der Waals surface area contributed by atoms with E-state index in [1.165, 1.54) is 6.07 Å². The van der Waals surface area contributed by atoms with E-state index in [2.05, 4.69) is 5.32 Å². The summed E-state index contributed by atoms with van der Waals surface area (Å²) in [5, 5.41) is 3.06. The Hall–Kier alpha value is -4.00. The Morgan fingerprint density at radius 3 is 2.18 bits per heavy atom. The number of ether oxygens (including phenoxy) is 1. The standard InChI is InChI=1S/C27H24F2N2O3/c1-15(2)34-20-9-6-18(7-10-20)30-25-24(21-11-5-16(3)13-17(21)4)26(32)31(27(25)33)19-8-12-22(28)23(29)14-19/h5-15,30H,1-4H3. The third kappa shape index (κ3) is 4.41. The molecular weight excluding hydrogens is 438 g/mol. The molecule has 1 aliphatic rings. The number of amides is 2. The van der Waals surface area contributed by atoms with Crippen LogP contribution in [0, 0.1) is 25.5 Å². The molecule has 0 aromatic heterocycles. The number of nitrogens with zero attached hydrogens (tertiary/aromatic N) is 1. The Morgan fingerprint density at radius 2 is 1.56 bits per heavy atom. The lowest BCUT2D eigenvalue weighted by molar-refractivity contribution is -0.120. The number of carbonyl (C=O) groups is 2. The van der Waals surface area contributed by atoms with Crippen LogP contribution >= 0.6 is 0 Å². The van der Waals surface area contributed by atoms with Crippen molar-refractivity contribution in [2.75, 3.05) is 10.2 Å². The molecule has 1 heterocycles. The van der Waals surface area contributed by atoms with E-state index in [1.807, 2.05) is 39.8 Å². The van der Waals surface area contributed by atoms with Crippen LogP contribution in [-0.4, -0.2) is 17.9 Å². The smallest absolute Gasteiger partial charge is 0.282 e. The van der Waals surface area contributed by atoms with Crippen LogP contribution in [0.4, 0.5) is 20.2 Å². The highest BCUT2D eigenvalue weighted by Gasteiger charge is 2.41. The van der Waals surface area contributed by atoms with Crippen LogP contribution < -0.4 is 15.0 Å². The Balaban J connectivity index is 1.79. The molecule has 0 fully saturated rings. The van der Waals surface area contributed by atoms with Crippen molar-refractivity contribution in [3.05, 3.63) is 94.7 Å². The molecule has 2 amide bonds. The van der Waals surface area contributed by atoms with Gasteiger partial charge in [0, 0.05) is 11.8 Å². The average molecular weight is 462 g/mol. The van der Waals surface area contributed by atoms with Crippen molar-refractivity contribution < 1.29 is 23.1 Å². The van der Waals surface area contributed by atoms with Gasteiger partial charge in [-0.3, -0.25) is 9.59 Å². The summed E-state index contributed by atoms with van der Waals surface area (Å²) >= 11 is 0. The number of imide groups is 1. The van der Waals surface area contributed by atoms with Crippen molar-refractivity contribution in [3.8, 4) is 5.75 Å². The molecule has 174 valence electrons. The van der Waals surface area contributed by atoms with Crippen LogP contribution in [0.25, 0.3) is 5.57 Å². The molecule has 34 heavy (non-hydrogen) atoms. The van der Waals surface area contributed by atoms with Gasteiger partial charge in [0.15, 0.2) is 11.6 Å². The van der Waals surface area contributed by atoms with Gasteiger partial charge in [0.2, 0.25) is 0 Å². The third-order valence-electron chi connectivity index (χ3n) is 5.39. The lowest BCUT2D eigenvalue weighted by atomic mass is 9.97. The van der Waals surface area contributed by atoms with Crippen molar-refractivity contribution >= 4 is 28.8 Å². The number of benzene rings is 3. The molecule has 3 aromatic rings. The van der Waals surface area contributed by atoms with Crippen LogP contribution in [0.2, 0.25) is 0 Å². The molecule has 0 unspecified atom stereocenters. The summed E-state index contributed by atoms with van der Waals surface area (Å²) in [6.07, 6.45) is 0.0105. The Labute approximate surface area is 196 Å². The number of anilines is 2. The third-order valence-corrected chi connectivity index (χ3v) is 5.39. The number of aryl methyl sites for hydroxylation is 2. The minimum absolute atomic E-state index is 0.0105. The van der Waals surface area contributed by atoms with Gasteiger partial charge in [0.05, 0.1) is 17.4 Å². The Bertz CT molecular complexity index is 1310. The van der Waals surface area contributed by atoms with E-state index < -0.39 is 23.4 Å². The maximum Gasteiger partial charge on any atom is 0.282 e. The quantitative estimate of drug-likeness (QED) is 0.473. The summed E-state index contributed by atoms with van der Waals surface area (Å²) in [6.45, 7) is 7.62. The van der Waals surface area contributed by atoms with Crippen molar-refractivity contribution in [1.29, 1.82) is 0 Å². The van der Waals surface area contributed by atoms with E-state index in [4.69, 9.17) is 4.74 Å². The normalized spacial score (nSPS) is 13.8. The number of halogens is 2. The zero-order valence-corrected chi connectivity index (χ0v) is 19.3. The van der Waals surface area contributed by atoms with E-state index >= 15 is 0 Å². The number of nitrogens with one attached hydrogen (secondary N) is 1. The molecule has 0 spiro atoms. The van der Waals surface area contributed by atoms with Gasteiger partial charge in [-0.05, 0) is 75.2 Å². The second-order valence-corrected chi connectivity index (χ2v) is 8.43. The van der Waals surface area contributed by atoms with Gasteiger partial charge in [-0.2, -0.15) is 0 Å². The summed E-state index contributed by atoms with van der Waals surface area (Å²) in [7, 11) is 0. The monoisotopic (exact) mass is 462 g/mol. The SMILES string of the molecule is Cc1ccc(C2=C(Nc3ccc(OC(C)C)cc3)C(=O)N(c3ccc(F)c(F)c3)C2=O)c(C)c1. The molecule has 0 atom stereocenters. The molecule has 5 nitrogen and oxygen atoms in total. The fraction of sp³-hybridized carbons (Fsp3) is 0.185. The van der Waals surface area contributed by atoms with E-state index in [0.717, 1.165) is 28.2 Å². The Morgan fingerprint density at radius 1 is 0.853 bits per heavy atom. The molecule has 4 rings (SSSR count). The topological polar surface area (TPSA) is 58.6 Å². The van der Waals surface area contributed by atoms with Crippen LogP contribution in [0.1, 0.15) is 30.5 Å². The second kappa shape index (κ2) is 9.09. The minimum atomic E-state index is -1.15. The van der Waals surface area contributed by atoms with Crippen LogP contribution in [0.3, 0.4) is 0 Å². The van der Waals surface area contributed by atoms with Gasteiger partial charge in [-0.1, -0.05) is 23.8 Å². The summed E-state index contributed by atoms with van der Waals surface area (Å²) in [4.78, 5) is 27.8.